The van der Waals surface area contributed by atoms with Gasteiger partial charge in [0.05, 0.1) is 12.3 Å². The van der Waals surface area contributed by atoms with Gasteiger partial charge in [-0.3, -0.25) is 0 Å². The summed E-state index contributed by atoms with van der Waals surface area (Å²) >= 11 is 0. The van der Waals surface area contributed by atoms with Crippen LogP contribution in [-0.2, 0) is 11.3 Å². The van der Waals surface area contributed by atoms with E-state index in [4.69, 9.17) is 15.2 Å². The molecule has 1 heterocycles. The maximum absolute atomic E-state index is 5.38. The molecular formula is C9H15N3O2. The van der Waals surface area contributed by atoms with E-state index in [9.17, 15) is 0 Å². The quantitative estimate of drug-likeness (QED) is 0.666. The third-order valence-corrected chi connectivity index (χ3v) is 1.59. The first-order valence-electron chi connectivity index (χ1n) is 4.60. The standard InChI is InChI=1S/C9H15N3O2/c1-2-13-5-6-14-9-4-3-8(7-10)11-12-9/h3-4H,2,5-7,10H2,1H3. The van der Waals surface area contributed by atoms with E-state index in [0.29, 0.717) is 32.2 Å². The van der Waals surface area contributed by atoms with Crippen LogP contribution in [0.1, 0.15) is 12.6 Å². The summed E-state index contributed by atoms with van der Waals surface area (Å²) in [6, 6.07) is 3.55. The van der Waals surface area contributed by atoms with Gasteiger partial charge in [0.15, 0.2) is 0 Å². The Kier molecular flexibility index (Phi) is 4.88. The van der Waals surface area contributed by atoms with Crippen molar-refractivity contribution in [2.45, 2.75) is 13.5 Å². The van der Waals surface area contributed by atoms with Gasteiger partial charge in [-0.2, -0.15) is 5.10 Å². The lowest BCUT2D eigenvalue weighted by molar-refractivity contribution is 0.108. The third kappa shape index (κ3) is 3.68. The molecule has 1 aromatic heterocycles. The van der Waals surface area contributed by atoms with Gasteiger partial charge < -0.3 is 15.2 Å². The molecular weight excluding hydrogens is 182 g/mol. The second kappa shape index (κ2) is 6.28. The topological polar surface area (TPSA) is 70.3 Å². The Morgan fingerprint density at radius 1 is 1.29 bits per heavy atom. The monoisotopic (exact) mass is 197 g/mol. The van der Waals surface area contributed by atoms with Crippen LogP contribution in [0.2, 0.25) is 0 Å². The van der Waals surface area contributed by atoms with Crippen molar-refractivity contribution >= 4 is 0 Å². The third-order valence-electron chi connectivity index (χ3n) is 1.59. The van der Waals surface area contributed by atoms with Crippen LogP contribution >= 0.6 is 0 Å². The molecule has 0 saturated carbocycles. The number of ether oxygens (including phenoxy) is 2. The van der Waals surface area contributed by atoms with E-state index >= 15 is 0 Å². The maximum Gasteiger partial charge on any atom is 0.233 e. The average Bonchev–Trinajstić information content (AvgIpc) is 2.25. The van der Waals surface area contributed by atoms with Crippen molar-refractivity contribution in [3.05, 3.63) is 17.8 Å². The van der Waals surface area contributed by atoms with Crippen molar-refractivity contribution in [1.29, 1.82) is 0 Å². The van der Waals surface area contributed by atoms with E-state index in [0.717, 1.165) is 5.69 Å². The lowest BCUT2D eigenvalue weighted by Crippen LogP contribution is -2.08. The van der Waals surface area contributed by atoms with Crippen LogP contribution in [0.4, 0.5) is 0 Å². The molecule has 0 spiro atoms. The van der Waals surface area contributed by atoms with Crippen molar-refractivity contribution < 1.29 is 9.47 Å². The first-order valence-corrected chi connectivity index (χ1v) is 4.60. The number of hydrogen-bond donors (Lipinski definition) is 1. The molecule has 0 amide bonds. The molecule has 0 saturated heterocycles. The van der Waals surface area contributed by atoms with E-state index < -0.39 is 0 Å². The fraction of sp³-hybridized carbons (Fsp3) is 0.556. The molecule has 0 aromatic carbocycles. The highest BCUT2D eigenvalue weighted by molar-refractivity contribution is 5.10. The van der Waals surface area contributed by atoms with Crippen molar-refractivity contribution in [3.63, 3.8) is 0 Å². The number of hydrogen-bond acceptors (Lipinski definition) is 5. The Bertz CT molecular complexity index is 251. The fourth-order valence-electron chi connectivity index (χ4n) is 0.883. The van der Waals surface area contributed by atoms with Gasteiger partial charge in [0.25, 0.3) is 0 Å². The lowest BCUT2D eigenvalue weighted by atomic mass is 10.4. The highest BCUT2D eigenvalue weighted by Gasteiger charge is 1.96. The Hall–Kier alpha value is -1.20. The molecule has 0 aliphatic heterocycles. The normalized spacial score (nSPS) is 10.1. The number of rotatable bonds is 6. The molecule has 78 valence electrons. The number of nitrogens with two attached hydrogens (primary N) is 1. The minimum absolute atomic E-state index is 0.395. The zero-order chi connectivity index (χ0) is 10.2. The van der Waals surface area contributed by atoms with Crippen LogP contribution in [0.25, 0.3) is 0 Å². The number of aromatic nitrogens is 2. The van der Waals surface area contributed by atoms with Gasteiger partial charge in [-0.25, -0.2) is 0 Å². The molecule has 5 nitrogen and oxygen atoms in total. The van der Waals surface area contributed by atoms with Crippen molar-refractivity contribution in [2.75, 3.05) is 19.8 Å². The van der Waals surface area contributed by atoms with Gasteiger partial charge in [-0.1, -0.05) is 0 Å². The van der Waals surface area contributed by atoms with Crippen molar-refractivity contribution in [2.24, 2.45) is 5.73 Å². The van der Waals surface area contributed by atoms with Crippen molar-refractivity contribution in [3.8, 4) is 5.88 Å². The molecule has 0 atom stereocenters. The second-order valence-corrected chi connectivity index (χ2v) is 2.61. The zero-order valence-corrected chi connectivity index (χ0v) is 8.27. The Balaban J connectivity index is 2.29. The predicted molar refractivity (Wildman–Crippen MR) is 51.9 cm³/mol. The second-order valence-electron chi connectivity index (χ2n) is 2.61. The highest BCUT2D eigenvalue weighted by Crippen LogP contribution is 2.03. The van der Waals surface area contributed by atoms with E-state index in [1.807, 2.05) is 6.92 Å². The van der Waals surface area contributed by atoms with Gasteiger partial charge in [0, 0.05) is 19.2 Å². The van der Waals surface area contributed by atoms with E-state index in [1.165, 1.54) is 0 Å². The molecule has 0 unspecified atom stereocenters. The highest BCUT2D eigenvalue weighted by atomic mass is 16.5. The minimum atomic E-state index is 0.395. The zero-order valence-electron chi connectivity index (χ0n) is 8.27. The minimum Gasteiger partial charge on any atom is -0.474 e. The lowest BCUT2D eigenvalue weighted by Gasteiger charge is -2.04. The van der Waals surface area contributed by atoms with Gasteiger partial charge in [-0.15, -0.1) is 5.10 Å². The predicted octanol–water partition coefficient (Wildman–Crippen LogP) is 0.351. The SMILES string of the molecule is CCOCCOc1ccc(CN)nn1. The smallest absolute Gasteiger partial charge is 0.233 e. The average molecular weight is 197 g/mol. The van der Waals surface area contributed by atoms with Gasteiger partial charge in [0.2, 0.25) is 5.88 Å². The van der Waals surface area contributed by atoms with E-state index in [-0.39, 0.29) is 0 Å². The molecule has 14 heavy (non-hydrogen) atoms. The van der Waals surface area contributed by atoms with Gasteiger partial charge >= 0.3 is 0 Å². The maximum atomic E-state index is 5.38. The largest absolute Gasteiger partial charge is 0.474 e. The van der Waals surface area contributed by atoms with Crippen LogP contribution in [-0.4, -0.2) is 30.0 Å². The summed E-state index contributed by atoms with van der Waals surface area (Å²) in [5.41, 5.74) is 6.13. The first kappa shape index (κ1) is 10.9. The molecule has 0 bridgehead atoms. The van der Waals surface area contributed by atoms with Crippen LogP contribution in [0, 0.1) is 0 Å². The van der Waals surface area contributed by atoms with Gasteiger partial charge in [-0.05, 0) is 13.0 Å². The summed E-state index contributed by atoms with van der Waals surface area (Å²) in [7, 11) is 0. The molecule has 0 aliphatic rings. The fourth-order valence-corrected chi connectivity index (χ4v) is 0.883. The van der Waals surface area contributed by atoms with Crippen molar-refractivity contribution in [1.82, 2.24) is 10.2 Å². The molecule has 2 N–H and O–H groups in total. The van der Waals surface area contributed by atoms with Crippen LogP contribution in [0.5, 0.6) is 5.88 Å². The first-order chi connectivity index (χ1) is 6.86. The molecule has 0 aliphatic carbocycles. The van der Waals surface area contributed by atoms with Crippen LogP contribution in [0.3, 0.4) is 0 Å². The summed E-state index contributed by atoms with van der Waals surface area (Å²) < 4.78 is 10.4. The van der Waals surface area contributed by atoms with E-state index in [1.54, 1.807) is 12.1 Å². The Labute approximate surface area is 83.2 Å². The van der Waals surface area contributed by atoms with Gasteiger partial charge in [0.1, 0.15) is 6.61 Å². The summed E-state index contributed by atoms with van der Waals surface area (Å²) in [5.74, 6) is 0.502. The Morgan fingerprint density at radius 3 is 2.71 bits per heavy atom. The summed E-state index contributed by atoms with van der Waals surface area (Å²) in [6.45, 7) is 4.09. The van der Waals surface area contributed by atoms with E-state index in [2.05, 4.69) is 10.2 Å². The van der Waals surface area contributed by atoms with Crippen LogP contribution in [0.15, 0.2) is 12.1 Å². The Morgan fingerprint density at radius 2 is 2.14 bits per heavy atom. The van der Waals surface area contributed by atoms with Crippen LogP contribution < -0.4 is 10.5 Å². The summed E-state index contributed by atoms with van der Waals surface area (Å²) in [4.78, 5) is 0. The molecule has 0 radical (unpaired) electrons. The molecule has 0 fully saturated rings. The summed E-state index contributed by atoms with van der Waals surface area (Å²) in [6.07, 6.45) is 0. The molecule has 5 heteroatoms. The summed E-state index contributed by atoms with van der Waals surface area (Å²) in [5, 5.41) is 7.69. The molecule has 1 rings (SSSR count). The number of nitrogens with zero attached hydrogens (tertiary/aromatic N) is 2. The molecule has 1 aromatic rings.